The molecule has 124 valence electrons. The minimum atomic E-state index is -0.444. The molecule has 0 spiro atoms. The topological polar surface area (TPSA) is 61.4 Å². The highest BCUT2D eigenvalue weighted by Gasteiger charge is 2.33. The highest BCUT2D eigenvalue weighted by atomic mass is 16.2. The second kappa shape index (κ2) is 6.71. The molecule has 0 bridgehead atoms. The summed E-state index contributed by atoms with van der Waals surface area (Å²) in [7, 11) is 0. The van der Waals surface area contributed by atoms with E-state index >= 15 is 0 Å². The van der Waals surface area contributed by atoms with Gasteiger partial charge in [-0.1, -0.05) is 12.1 Å². The largest absolute Gasteiger partial charge is 0.350 e. The Hall–Kier alpha value is -1.88. The Morgan fingerprint density at radius 2 is 2.04 bits per heavy atom. The first kappa shape index (κ1) is 16.0. The van der Waals surface area contributed by atoms with E-state index in [0.717, 1.165) is 50.0 Å². The zero-order valence-corrected chi connectivity index (χ0v) is 13.7. The molecule has 1 aromatic carbocycles. The number of benzene rings is 1. The number of anilines is 1. The SMILES string of the molecule is CC1(C(=O)NCc2ccc(N3CCCC3=O)cc2)CCCCN1. The number of hydrogen-bond acceptors (Lipinski definition) is 3. The Labute approximate surface area is 137 Å². The molecule has 1 aromatic rings. The average Bonchev–Trinajstić information content (AvgIpc) is 3.00. The predicted molar refractivity (Wildman–Crippen MR) is 90.1 cm³/mol. The first-order chi connectivity index (χ1) is 11.1. The number of piperidine rings is 1. The number of nitrogens with one attached hydrogen (secondary N) is 2. The van der Waals surface area contributed by atoms with Gasteiger partial charge in [-0.05, 0) is 56.8 Å². The van der Waals surface area contributed by atoms with Crippen molar-refractivity contribution in [3.8, 4) is 0 Å². The normalized spacial score (nSPS) is 24.7. The first-order valence-electron chi connectivity index (χ1n) is 8.51. The standard InChI is InChI=1S/C18H25N3O2/c1-18(10-2-3-11-20-18)17(23)19-13-14-6-8-15(9-7-14)21-12-4-5-16(21)22/h6-9,20H,2-5,10-13H2,1H3,(H,19,23). The Morgan fingerprint density at radius 3 is 2.65 bits per heavy atom. The zero-order chi connectivity index (χ0) is 16.3. The lowest BCUT2D eigenvalue weighted by molar-refractivity contribution is -0.128. The van der Waals surface area contributed by atoms with E-state index < -0.39 is 5.54 Å². The maximum atomic E-state index is 12.4. The second-order valence-electron chi connectivity index (χ2n) is 6.71. The van der Waals surface area contributed by atoms with Crippen molar-refractivity contribution >= 4 is 17.5 Å². The van der Waals surface area contributed by atoms with Crippen LogP contribution in [0.1, 0.15) is 44.6 Å². The molecular formula is C18H25N3O2. The van der Waals surface area contributed by atoms with Crippen LogP contribution in [0.5, 0.6) is 0 Å². The Kier molecular flexibility index (Phi) is 4.66. The fraction of sp³-hybridized carbons (Fsp3) is 0.556. The first-order valence-corrected chi connectivity index (χ1v) is 8.51. The molecule has 0 aromatic heterocycles. The average molecular weight is 315 g/mol. The number of carbonyl (C=O) groups excluding carboxylic acids is 2. The van der Waals surface area contributed by atoms with Crippen LogP contribution >= 0.6 is 0 Å². The maximum Gasteiger partial charge on any atom is 0.240 e. The summed E-state index contributed by atoms with van der Waals surface area (Å²) >= 11 is 0. The van der Waals surface area contributed by atoms with Crippen molar-refractivity contribution in [2.24, 2.45) is 0 Å². The number of amides is 2. The lowest BCUT2D eigenvalue weighted by Gasteiger charge is -2.33. The molecule has 2 N–H and O–H groups in total. The zero-order valence-electron chi connectivity index (χ0n) is 13.7. The van der Waals surface area contributed by atoms with Gasteiger partial charge in [0, 0.05) is 25.2 Å². The lowest BCUT2D eigenvalue weighted by Crippen LogP contribution is -2.56. The van der Waals surface area contributed by atoms with E-state index in [1.54, 1.807) is 0 Å². The molecule has 2 saturated heterocycles. The molecule has 0 radical (unpaired) electrons. The van der Waals surface area contributed by atoms with Crippen LogP contribution in [0.4, 0.5) is 5.69 Å². The molecule has 2 aliphatic rings. The van der Waals surface area contributed by atoms with Crippen molar-refractivity contribution in [2.45, 2.75) is 51.1 Å². The van der Waals surface area contributed by atoms with Gasteiger partial charge in [-0.15, -0.1) is 0 Å². The van der Waals surface area contributed by atoms with Crippen molar-refractivity contribution in [3.63, 3.8) is 0 Å². The predicted octanol–water partition coefficient (Wildman–Crippen LogP) is 1.96. The van der Waals surface area contributed by atoms with Crippen molar-refractivity contribution < 1.29 is 9.59 Å². The van der Waals surface area contributed by atoms with Crippen molar-refractivity contribution in [1.82, 2.24) is 10.6 Å². The summed E-state index contributed by atoms with van der Waals surface area (Å²) < 4.78 is 0. The summed E-state index contributed by atoms with van der Waals surface area (Å²) in [6.45, 7) is 4.20. The summed E-state index contributed by atoms with van der Waals surface area (Å²) in [4.78, 5) is 26.0. The number of nitrogens with zero attached hydrogens (tertiary/aromatic N) is 1. The third-order valence-corrected chi connectivity index (χ3v) is 4.89. The molecule has 0 saturated carbocycles. The summed E-state index contributed by atoms with van der Waals surface area (Å²) in [6.07, 6.45) is 4.69. The summed E-state index contributed by atoms with van der Waals surface area (Å²) in [5.74, 6) is 0.262. The molecule has 1 atom stereocenters. The van der Waals surface area contributed by atoms with Gasteiger partial charge in [0.1, 0.15) is 0 Å². The van der Waals surface area contributed by atoms with Gasteiger partial charge in [0.2, 0.25) is 11.8 Å². The molecule has 2 amide bonds. The van der Waals surface area contributed by atoms with Crippen molar-refractivity contribution in [2.75, 3.05) is 18.0 Å². The second-order valence-corrected chi connectivity index (χ2v) is 6.71. The van der Waals surface area contributed by atoms with Crippen molar-refractivity contribution in [3.05, 3.63) is 29.8 Å². The van der Waals surface area contributed by atoms with Gasteiger partial charge in [0.05, 0.1) is 5.54 Å². The van der Waals surface area contributed by atoms with Crippen molar-refractivity contribution in [1.29, 1.82) is 0 Å². The number of hydrogen-bond donors (Lipinski definition) is 2. The molecule has 1 unspecified atom stereocenters. The maximum absolute atomic E-state index is 12.4. The lowest BCUT2D eigenvalue weighted by atomic mass is 9.90. The Bertz CT molecular complexity index is 576. The fourth-order valence-electron chi connectivity index (χ4n) is 3.34. The van der Waals surface area contributed by atoms with E-state index in [2.05, 4.69) is 10.6 Å². The molecule has 23 heavy (non-hydrogen) atoms. The summed E-state index contributed by atoms with van der Waals surface area (Å²) in [6, 6.07) is 7.90. The van der Waals surface area contributed by atoms with Crippen LogP contribution in [0.2, 0.25) is 0 Å². The molecule has 2 fully saturated rings. The van der Waals surface area contributed by atoms with Gasteiger partial charge in [0.25, 0.3) is 0 Å². The highest BCUT2D eigenvalue weighted by molar-refractivity contribution is 5.95. The monoisotopic (exact) mass is 315 g/mol. The van der Waals surface area contributed by atoms with Crippen LogP contribution in [-0.2, 0) is 16.1 Å². The van der Waals surface area contributed by atoms with Gasteiger partial charge in [-0.25, -0.2) is 0 Å². The van der Waals surface area contributed by atoms with Crippen LogP contribution < -0.4 is 15.5 Å². The summed E-state index contributed by atoms with van der Waals surface area (Å²) in [5.41, 5.74) is 1.55. The molecule has 5 heteroatoms. The minimum Gasteiger partial charge on any atom is -0.350 e. The van der Waals surface area contributed by atoms with Gasteiger partial charge in [0.15, 0.2) is 0 Å². The Morgan fingerprint density at radius 1 is 1.26 bits per heavy atom. The van der Waals surface area contributed by atoms with E-state index in [0.29, 0.717) is 13.0 Å². The molecule has 3 rings (SSSR count). The van der Waals surface area contributed by atoms with Gasteiger partial charge in [-0.2, -0.15) is 0 Å². The minimum absolute atomic E-state index is 0.0657. The summed E-state index contributed by atoms with van der Waals surface area (Å²) in [5, 5.41) is 6.35. The third kappa shape index (κ3) is 3.55. The van der Waals surface area contributed by atoms with Gasteiger partial charge < -0.3 is 15.5 Å². The van der Waals surface area contributed by atoms with Crippen LogP contribution in [0.25, 0.3) is 0 Å². The van der Waals surface area contributed by atoms with E-state index in [1.165, 1.54) is 0 Å². The van der Waals surface area contributed by atoms with Crippen LogP contribution in [0.15, 0.2) is 24.3 Å². The quantitative estimate of drug-likeness (QED) is 0.893. The van der Waals surface area contributed by atoms with Crippen LogP contribution in [0.3, 0.4) is 0 Å². The van der Waals surface area contributed by atoms with E-state index in [4.69, 9.17) is 0 Å². The highest BCUT2D eigenvalue weighted by Crippen LogP contribution is 2.22. The van der Waals surface area contributed by atoms with Crippen LogP contribution in [0, 0.1) is 0 Å². The molecule has 2 aliphatic heterocycles. The van der Waals surface area contributed by atoms with Crippen LogP contribution in [-0.4, -0.2) is 30.4 Å². The third-order valence-electron chi connectivity index (χ3n) is 4.89. The van der Waals surface area contributed by atoms with E-state index in [-0.39, 0.29) is 11.8 Å². The fourth-order valence-corrected chi connectivity index (χ4v) is 3.34. The van der Waals surface area contributed by atoms with E-state index in [1.807, 2.05) is 36.1 Å². The molecule has 2 heterocycles. The molecular weight excluding hydrogens is 290 g/mol. The number of rotatable bonds is 4. The van der Waals surface area contributed by atoms with Gasteiger partial charge >= 0.3 is 0 Å². The Balaban J connectivity index is 1.56. The van der Waals surface area contributed by atoms with Gasteiger partial charge in [-0.3, -0.25) is 9.59 Å². The molecule has 5 nitrogen and oxygen atoms in total. The smallest absolute Gasteiger partial charge is 0.240 e. The van der Waals surface area contributed by atoms with E-state index in [9.17, 15) is 9.59 Å². The molecule has 0 aliphatic carbocycles. The number of carbonyl (C=O) groups is 2.